The molecule has 1 aromatic rings. The molecule has 0 saturated heterocycles. The standard InChI is InChI=1S/C17H29NO2/c1-13(2)18-17(5,12-19)10-7-11-20-16-14(3)8-6-9-15(16)4/h6,8-9,13,18-19H,7,10-12H2,1-5H3. The quantitative estimate of drug-likeness (QED) is 0.718. The fraction of sp³-hybridized carbons (Fsp3) is 0.647. The van der Waals surface area contributed by atoms with Crippen molar-refractivity contribution < 1.29 is 9.84 Å². The maximum Gasteiger partial charge on any atom is 0.125 e. The summed E-state index contributed by atoms with van der Waals surface area (Å²) in [7, 11) is 0. The molecule has 0 aliphatic heterocycles. The molecule has 0 bridgehead atoms. The Hall–Kier alpha value is -1.06. The van der Waals surface area contributed by atoms with Crippen LogP contribution in [0.1, 0.15) is 44.7 Å². The van der Waals surface area contributed by atoms with E-state index in [1.165, 1.54) is 11.1 Å². The van der Waals surface area contributed by atoms with Crippen LogP contribution >= 0.6 is 0 Å². The van der Waals surface area contributed by atoms with Gasteiger partial charge >= 0.3 is 0 Å². The average molecular weight is 279 g/mol. The van der Waals surface area contributed by atoms with E-state index in [0.717, 1.165) is 18.6 Å². The molecule has 0 fully saturated rings. The third-order valence-corrected chi connectivity index (χ3v) is 3.51. The number of aliphatic hydroxyl groups is 1. The number of aryl methyl sites for hydroxylation is 2. The molecule has 1 atom stereocenters. The first-order valence-electron chi connectivity index (χ1n) is 7.45. The molecule has 114 valence electrons. The normalized spacial score (nSPS) is 14.3. The lowest BCUT2D eigenvalue weighted by atomic mass is 9.96. The number of aliphatic hydroxyl groups excluding tert-OH is 1. The van der Waals surface area contributed by atoms with Gasteiger partial charge in [-0.15, -0.1) is 0 Å². The van der Waals surface area contributed by atoms with Crippen molar-refractivity contribution in [3.05, 3.63) is 29.3 Å². The number of ether oxygens (including phenoxy) is 1. The molecule has 1 aromatic carbocycles. The summed E-state index contributed by atoms with van der Waals surface area (Å²) in [5, 5.41) is 13.0. The highest BCUT2D eigenvalue weighted by Crippen LogP contribution is 2.23. The van der Waals surface area contributed by atoms with Crippen molar-refractivity contribution in [1.82, 2.24) is 5.32 Å². The topological polar surface area (TPSA) is 41.5 Å². The van der Waals surface area contributed by atoms with E-state index < -0.39 is 0 Å². The number of hydrogen-bond acceptors (Lipinski definition) is 3. The molecule has 0 aliphatic carbocycles. The number of hydrogen-bond donors (Lipinski definition) is 2. The van der Waals surface area contributed by atoms with Crippen LogP contribution in [-0.2, 0) is 0 Å². The SMILES string of the molecule is Cc1cccc(C)c1OCCCC(C)(CO)NC(C)C. The summed E-state index contributed by atoms with van der Waals surface area (Å²) in [6.45, 7) is 11.2. The van der Waals surface area contributed by atoms with E-state index in [0.29, 0.717) is 12.6 Å². The summed E-state index contributed by atoms with van der Waals surface area (Å²) in [6.07, 6.45) is 1.82. The van der Waals surface area contributed by atoms with Gasteiger partial charge in [0.15, 0.2) is 0 Å². The first-order valence-corrected chi connectivity index (χ1v) is 7.45. The van der Waals surface area contributed by atoms with E-state index in [4.69, 9.17) is 4.74 Å². The highest BCUT2D eigenvalue weighted by atomic mass is 16.5. The Balaban J connectivity index is 2.45. The van der Waals surface area contributed by atoms with Crippen LogP contribution in [-0.4, -0.2) is 29.9 Å². The van der Waals surface area contributed by atoms with Crippen LogP contribution < -0.4 is 10.1 Å². The van der Waals surface area contributed by atoms with Gasteiger partial charge in [-0.2, -0.15) is 0 Å². The third-order valence-electron chi connectivity index (χ3n) is 3.51. The Bertz CT molecular complexity index is 397. The second kappa shape index (κ2) is 7.65. The van der Waals surface area contributed by atoms with Crippen LogP contribution in [0, 0.1) is 13.8 Å². The molecule has 0 saturated carbocycles. The Morgan fingerprint density at radius 3 is 2.35 bits per heavy atom. The second-order valence-electron chi connectivity index (χ2n) is 6.19. The monoisotopic (exact) mass is 279 g/mol. The Kier molecular flexibility index (Phi) is 6.50. The predicted molar refractivity (Wildman–Crippen MR) is 84.4 cm³/mol. The van der Waals surface area contributed by atoms with Crippen molar-refractivity contribution in [2.75, 3.05) is 13.2 Å². The summed E-state index contributed by atoms with van der Waals surface area (Å²) < 4.78 is 5.90. The summed E-state index contributed by atoms with van der Waals surface area (Å²) in [5.41, 5.74) is 2.13. The molecule has 0 amide bonds. The molecule has 1 unspecified atom stereocenters. The minimum Gasteiger partial charge on any atom is -0.493 e. The number of benzene rings is 1. The molecule has 0 heterocycles. The van der Waals surface area contributed by atoms with Crippen LogP contribution in [0.5, 0.6) is 5.75 Å². The van der Waals surface area contributed by atoms with Crippen LogP contribution in [0.2, 0.25) is 0 Å². The molecule has 2 N–H and O–H groups in total. The molecule has 20 heavy (non-hydrogen) atoms. The average Bonchev–Trinajstić information content (AvgIpc) is 2.36. The lowest BCUT2D eigenvalue weighted by molar-refractivity contribution is 0.147. The van der Waals surface area contributed by atoms with Crippen molar-refractivity contribution in [3.8, 4) is 5.75 Å². The Morgan fingerprint density at radius 2 is 1.85 bits per heavy atom. The summed E-state index contributed by atoms with van der Waals surface area (Å²) in [4.78, 5) is 0. The molecule has 0 spiro atoms. The molecule has 0 aromatic heterocycles. The van der Waals surface area contributed by atoms with Gasteiger partial charge in [0.2, 0.25) is 0 Å². The summed E-state index contributed by atoms with van der Waals surface area (Å²) in [6, 6.07) is 6.56. The van der Waals surface area contributed by atoms with Gasteiger partial charge in [-0.1, -0.05) is 32.0 Å². The number of nitrogens with one attached hydrogen (secondary N) is 1. The minimum atomic E-state index is -0.224. The van der Waals surface area contributed by atoms with E-state index in [9.17, 15) is 5.11 Å². The van der Waals surface area contributed by atoms with Crippen molar-refractivity contribution in [2.45, 2.75) is 59.0 Å². The number of para-hydroxylation sites is 1. The molecular formula is C17H29NO2. The molecule has 1 rings (SSSR count). The fourth-order valence-corrected chi connectivity index (χ4v) is 2.56. The highest BCUT2D eigenvalue weighted by molar-refractivity contribution is 5.39. The summed E-state index contributed by atoms with van der Waals surface area (Å²) >= 11 is 0. The molecular weight excluding hydrogens is 250 g/mol. The van der Waals surface area contributed by atoms with Gasteiger partial charge in [0, 0.05) is 11.6 Å². The van der Waals surface area contributed by atoms with E-state index >= 15 is 0 Å². The second-order valence-corrected chi connectivity index (χ2v) is 6.19. The van der Waals surface area contributed by atoms with E-state index in [1.807, 2.05) is 6.07 Å². The lowest BCUT2D eigenvalue weighted by Crippen LogP contribution is -2.49. The van der Waals surface area contributed by atoms with Gasteiger partial charge in [0.25, 0.3) is 0 Å². The molecule has 3 heteroatoms. The maximum absolute atomic E-state index is 9.54. The third kappa shape index (κ3) is 5.14. The van der Waals surface area contributed by atoms with Crippen molar-refractivity contribution >= 4 is 0 Å². The van der Waals surface area contributed by atoms with Crippen molar-refractivity contribution in [3.63, 3.8) is 0 Å². The predicted octanol–water partition coefficient (Wildman–Crippen LogP) is 3.21. The first kappa shape index (κ1) is 17.0. The largest absolute Gasteiger partial charge is 0.493 e. The van der Waals surface area contributed by atoms with Gasteiger partial charge in [0.05, 0.1) is 13.2 Å². The van der Waals surface area contributed by atoms with Crippen LogP contribution in [0.3, 0.4) is 0 Å². The van der Waals surface area contributed by atoms with Crippen LogP contribution in [0.15, 0.2) is 18.2 Å². The van der Waals surface area contributed by atoms with Gasteiger partial charge < -0.3 is 15.2 Å². The van der Waals surface area contributed by atoms with E-state index in [-0.39, 0.29) is 12.1 Å². The van der Waals surface area contributed by atoms with Gasteiger partial charge in [-0.25, -0.2) is 0 Å². The summed E-state index contributed by atoms with van der Waals surface area (Å²) in [5.74, 6) is 0.995. The minimum absolute atomic E-state index is 0.147. The zero-order valence-corrected chi connectivity index (χ0v) is 13.5. The maximum atomic E-state index is 9.54. The number of rotatable bonds is 8. The van der Waals surface area contributed by atoms with Crippen LogP contribution in [0.4, 0.5) is 0 Å². The highest BCUT2D eigenvalue weighted by Gasteiger charge is 2.23. The fourth-order valence-electron chi connectivity index (χ4n) is 2.56. The zero-order valence-electron chi connectivity index (χ0n) is 13.5. The lowest BCUT2D eigenvalue weighted by Gasteiger charge is -2.31. The molecule has 0 radical (unpaired) electrons. The smallest absolute Gasteiger partial charge is 0.125 e. The molecule has 3 nitrogen and oxygen atoms in total. The van der Waals surface area contributed by atoms with Gasteiger partial charge in [0.1, 0.15) is 5.75 Å². The van der Waals surface area contributed by atoms with Gasteiger partial charge in [-0.3, -0.25) is 0 Å². The molecule has 0 aliphatic rings. The van der Waals surface area contributed by atoms with Crippen LogP contribution in [0.25, 0.3) is 0 Å². The van der Waals surface area contributed by atoms with Gasteiger partial charge in [-0.05, 0) is 44.7 Å². The first-order chi connectivity index (χ1) is 9.38. The van der Waals surface area contributed by atoms with Crippen molar-refractivity contribution in [2.24, 2.45) is 0 Å². The van der Waals surface area contributed by atoms with E-state index in [2.05, 4.69) is 52.1 Å². The van der Waals surface area contributed by atoms with Crippen molar-refractivity contribution in [1.29, 1.82) is 0 Å². The van der Waals surface area contributed by atoms with E-state index in [1.54, 1.807) is 0 Å². The zero-order chi connectivity index (χ0) is 15.2. The Labute approximate surface area is 123 Å². The Morgan fingerprint density at radius 1 is 1.25 bits per heavy atom.